The Morgan fingerprint density at radius 3 is 1.85 bits per heavy atom. The van der Waals surface area contributed by atoms with Gasteiger partial charge in [-0.05, 0) is 6.42 Å². The van der Waals surface area contributed by atoms with E-state index >= 15 is 0 Å². The average Bonchev–Trinajstić information content (AvgIpc) is 2.14. The van der Waals surface area contributed by atoms with Gasteiger partial charge in [0.05, 0.1) is 13.2 Å². The molecule has 0 aromatic heterocycles. The molecule has 4 heteroatoms. The van der Waals surface area contributed by atoms with Crippen LogP contribution in [0.3, 0.4) is 0 Å². The highest BCUT2D eigenvalue weighted by Gasteiger charge is 2.04. The number of unbranched alkanes of at least 4 members (excludes halogenated alkanes) is 1. The lowest BCUT2D eigenvalue weighted by atomic mass is 10.1. The fourth-order valence-electron chi connectivity index (χ4n) is 0.513. The van der Waals surface area contributed by atoms with Gasteiger partial charge in [-0.1, -0.05) is 13.3 Å². The van der Waals surface area contributed by atoms with Crippen LogP contribution in [0.1, 0.15) is 33.1 Å². The van der Waals surface area contributed by atoms with Gasteiger partial charge in [0.25, 0.3) is 0 Å². The Bertz CT molecular complexity index is 141. The zero-order chi connectivity index (χ0) is 10.7. The molecule has 0 aromatic carbocycles. The summed E-state index contributed by atoms with van der Waals surface area (Å²) in [6, 6.07) is 0. The van der Waals surface area contributed by atoms with E-state index in [2.05, 4.69) is 0 Å². The van der Waals surface area contributed by atoms with E-state index < -0.39 is 0 Å². The van der Waals surface area contributed by atoms with Crippen LogP contribution < -0.4 is 0 Å². The van der Waals surface area contributed by atoms with Crippen molar-refractivity contribution in [1.82, 2.24) is 0 Å². The van der Waals surface area contributed by atoms with Crippen LogP contribution in [0.4, 0.5) is 0 Å². The minimum atomic E-state index is -0.316. The van der Waals surface area contributed by atoms with Crippen LogP contribution in [-0.2, 0) is 9.59 Å². The lowest BCUT2D eigenvalue weighted by Crippen LogP contribution is -2.08. The highest BCUT2D eigenvalue weighted by atomic mass is 16.3. The largest absolute Gasteiger partial charge is 0.394 e. The second-order valence-corrected chi connectivity index (χ2v) is 2.53. The second kappa shape index (κ2) is 11.3. The van der Waals surface area contributed by atoms with Crippen LogP contribution in [0, 0.1) is 0 Å². The van der Waals surface area contributed by atoms with Gasteiger partial charge < -0.3 is 10.2 Å². The molecule has 0 unspecified atom stereocenters. The SMILES string of the molecule is CCCCC(=O)C(C)=O.OCCO. The number of carbonyl (C=O) groups excluding carboxylic acids is 2. The van der Waals surface area contributed by atoms with Crippen molar-refractivity contribution in [3.8, 4) is 0 Å². The maximum Gasteiger partial charge on any atom is 0.198 e. The highest BCUT2D eigenvalue weighted by Crippen LogP contribution is 1.94. The molecule has 0 aliphatic carbocycles. The first kappa shape index (κ1) is 14.8. The van der Waals surface area contributed by atoms with Gasteiger partial charge in [0.15, 0.2) is 11.6 Å². The van der Waals surface area contributed by atoms with Crippen molar-refractivity contribution in [1.29, 1.82) is 0 Å². The number of Topliss-reactive ketones (excluding diaryl/α,β-unsaturated/α-hetero) is 2. The molecule has 0 atom stereocenters. The van der Waals surface area contributed by atoms with Crippen molar-refractivity contribution in [2.45, 2.75) is 33.1 Å². The average molecular weight is 190 g/mol. The van der Waals surface area contributed by atoms with Gasteiger partial charge in [0.2, 0.25) is 0 Å². The van der Waals surface area contributed by atoms with Crippen molar-refractivity contribution in [3.63, 3.8) is 0 Å². The number of aliphatic hydroxyl groups is 2. The van der Waals surface area contributed by atoms with E-state index in [9.17, 15) is 9.59 Å². The molecule has 0 rings (SSSR count). The normalized spacial score (nSPS) is 8.62. The van der Waals surface area contributed by atoms with Gasteiger partial charge in [-0.25, -0.2) is 0 Å². The number of rotatable bonds is 5. The van der Waals surface area contributed by atoms with E-state index in [1.807, 2.05) is 6.92 Å². The molecule has 0 saturated heterocycles. The Labute approximate surface area is 78.6 Å². The second-order valence-electron chi connectivity index (χ2n) is 2.53. The van der Waals surface area contributed by atoms with E-state index in [-0.39, 0.29) is 24.8 Å². The molecule has 13 heavy (non-hydrogen) atoms. The molecule has 0 aromatic rings. The number of aliphatic hydroxyl groups excluding tert-OH is 2. The van der Waals surface area contributed by atoms with Crippen LogP contribution in [-0.4, -0.2) is 35.0 Å². The molecule has 0 spiro atoms. The first-order valence-electron chi connectivity index (χ1n) is 4.35. The summed E-state index contributed by atoms with van der Waals surface area (Å²) in [4.78, 5) is 20.9. The molecule has 0 saturated carbocycles. The Morgan fingerprint density at radius 2 is 1.62 bits per heavy atom. The van der Waals surface area contributed by atoms with Crippen LogP contribution in [0.5, 0.6) is 0 Å². The summed E-state index contributed by atoms with van der Waals surface area (Å²) in [5, 5.41) is 15.2. The third kappa shape index (κ3) is 14.2. The van der Waals surface area contributed by atoms with Gasteiger partial charge in [-0.15, -0.1) is 0 Å². The predicted octanol–water partition coefficient (Wildman–Crippen LogP) is 0.306. The Morgan fingerprint density at radius 1 is 1.15 bits per heavy atom. The smallest absolute Gasteiger partial charge is 0.198 e. The lowest BCUT2D eigenvalue weighted by molar-refractivity contribution is -0.135. The van der Waals surface area contributed by atoms with Gasteiger partial charge in [-0.3, -0.25) is 9.59 Å². The van der Waals surface area contributed by atoms with Crippen LogP contribution in [0.15, 0.2) is 0 Å². The molecule has 2 N–H and O–H groups in total. The first-order valence-corrected chi connectivity index (χ1v) is 4.35. The topological polar surface area (TPSA) is 74.6 Å². The number of ketones is 2. The van der Waals surface area contributed by atoms with E-state index in [0.29, 0.717) is 6.42 Å². The maximum atomic E-state index is 10.6. The molecule has 0 bridgehead atoms. The summed E-state index contributed by atoms with van der Waals surface area (Å²) >= 11 is 0. The predicted molar refractivity (Wildman–Crippen MR) is 49.4 cm³/mol. The summed E-state index contributed by atoms with van der Waals surface area (Å²) in [6.07, 6.45) is 2.23. The van der Waals surface area contributed by atoms with Crippen molar-refractivity contribution in [2.24, 2.45) is 0 Å². The number of hydrogen-bond acceptors (Lipinski definition) is 4. The summed E-state index contributed by atoms with van der Waals surface area (Å²) in [7, 11) is 0. The summed E-state index contributed by atoms with van der Waals surface area (Å²) in [5.74, 6) is -0.555. The molecule has 4 nitrogen and oxygen atoms in total. The quantitative estimate of drug-likeness (QED) is 0.612. The monoisotopic (exact) mass is 190 g/mol. The highest BCUT2D eigenvalue weighted by molar-refractivity contribution is 6.36. The van der Waals surface area contributed by atoms with Crippen LogP contribution in [0.2, 0.25) is 0 Å². The summed E-state index contributed by atoms with van der Waals surface area (Å²) in [6.45, 7) is 3.06. The van der Waals surface area contributed by atoms with E-state index in [1.54, 1.807) is 0 Å². The zero-order valence-corrected chi connectivity index (χ0v) is 8.25. The molecular weight excluding hydrogens is 172 g/mol. The van der Waals surface area contributed by atoms with Gasteiger partial charge >= 0.3 is 0 Å². The third-order valence-electron chi connectivity index (χ3n) is 1.25. The number of hydrogen-bond donors (Lipinski definition) is 2. The van der Waals surface area contributed by atoms with Gasteiger partial charge in [0, 0.05) is 13.3 Å². The van der Waals surface area contributed by atoms with Crippen LogP contribution >= 0.6 is 0 Å². The minimum absolute atomic E-state index is 0.125. The van der Waals surface area contributed by atoms with Crippen LogP contribution in [0.25, 0.3) is 0 Å². The Balaban J connectivity index is 0. The number of carbonyl (C=O) groups is 2. The molecule has 0 aliphatic heterocycles. The molecule has 0 amide bonds. The van der Waals surface area contributed by atoms with E-state index in [1.165, 1.54) is 6.92 Å². The van der Waals surface area contributed by atoms with E-state index in [0.717, 1.165) is 12.8 Å². The molecule has 78 valence electrons. The van der Waals surface area contributed by atoms with Crippen molar-refractivity contribution < 1.29 is 19.8 Å². The van der Waals surface area contributed by atoms with Gasteiger partial charge in [0.1, 0.15) is 0 Å². The molecule has 0 fully saturated rings. The van der Waals surface area contributed by atoms with Crippen molar-refractivity contribution >= 4 is 11.6 Å². The minimum Gasteiger partial charge on any atom is -0.394 e. The third-order valence-corrected chi connectivity index (χ3v) is 1.25. The van der Waals surface area contributed by atoms with Crippen molar-refractivity contribution in [2.75, 3.05) is 13.2 Å². The fraction of sp³-hybridized carbons (Fsp3) is 0.778. The van der Waals surface area contributed by atoms with Gasteiger partial charge in [-0.2, -0.15) is 0 Å². The molecular formula is C9H18O4. The zero-order valence-electron chi connectivity index (χ0n) is 8.25. The van der Waals surface area contributed by atoms with Crippen molar-refractivity contribution in [3.05, 3.63) is 0 Å². The first-order chi connectivity index (χ1) is 6.09. The summed E-state index contributed by atoms with van der Waals surface area (Å²) in [5.41, 5.74) is 0. The molecule has 0 aliphatic rings. The summed E-state index contributed by atoms with van der Waals surface area (Å²) < 4.78 is 0. The molecule has 0 heterocycles. The Kier molecular flexibility index (Phi) is 12.8. The molecule has 0 radical (unpaired) electrons. The standard InChI is InChI=1S/C7H12O2.C2H6O2/c1-3-4-5-7(9)6(2)8;3-1-2-4/h3-5H2,1-2H3;3-4H,1-2H2. The van der Waals surface area contributed by atoms with E-state index in [4.69, 9.17) is 10.2 Å². The lowest BCUT2D eigenvalue weighted by Gasteiger charge is -1.90. The maximum absolute atomic E-state index is 10.6. The Hall–Kier alpha value is -0.740. The fourth-order valence-corrected chi connectivity index (χ4v) is 0.513.